The highest BCUT2D eigenvalue weighted by Crippen LogP contribution is 2.33. The van der Waals surface area contributed by atoms with Gasteiger partial charge in [-0.05, 0) is 43.4 Å². The fourth-order valence-corrected chi connectivity index (χ4v) is 3.76. The molecular weight excluding hydrogens is 340 g/mol. The summed E-state index contributed by atoms with van der Waals surface area (Å²) in [7, 11) is 6.71. The SMILES string of the molecule is CCCCCCCCC(CCCc1ccc(OC)cc1)C(OC)(OC)OC. The average Bonchev–Trinajstić information content (AvgIpc) is 2.72. The van der Waals surface area contributed by atoms with Crippen molar-refractivity contribution in [3.63, 3.8) is 0 Å². The van der Waals surface area contributed by atoms with Crippen LogP contribution in [0.4, 0.5) is 0 Å². The smallest absolute Gasteiger partial charge is 0.285 e. The molecule has 0 heterocycles. The van der Waals surface area contributed by atoms with Crippen molar-refractivity contribution >= 4 is 0 Å². The quantitative estimate of drug-likeness (QED) is 0.261. The van der Waals surface area contributed by atoms with E-state index in [-0.39, 0.29) is 5.92 Å². The molecule has 0 spiro atoms. The number of benzene rings is 1. The predicted octanol–water partition coefficient (Wildman–Crippen LogP) is 5.98. The van der Waals surface area contributed by atoms with Crippen molar-refractivity contribution in [1.29, 1.82) is 0 Å². The molecule has 4 heteroatoms. The van der Waals surface area contributed by atoms with E-state index < -0.39 is 5.97 Å². The number of methoxy groups -OCH3 is 4. The maximum Gasteiger partial charge on any atom is 0.285 e. The lowest BCUT2D eigenvalue weighted by molar-refractivity contribution is -0.380. The van der Waals surface area contributed by atoms with E-state index >= 15 is 0 Å². The molecule has 0 radical (unpaired) electrons. The lowest BCUT2D eigenvalue weighted by Crippen LogP contribution is -2.44. The van der Waals surface area contributed by atoms with E-state index in [1.807, 2.05) is 12.1 Å². The molecule has 156 valence electrons. The van der Waals surface area contributed by atoms with E-state index in [0.29, 0.717) is 0 Å². The molecule has 1 aromatic rings. The van der Waals surface area contributed by atoms with Crippen molar-refractivity contribution in [1.82, 2.24) is 0 Å². The standard InChI is InChI=1S/C23H40O4/c1-6-7-8-9-10-11-14-21(23(25-3,26-4)27-5)15-12-13-20-16-18-22(24-2)19-17-20/h16-19,21H,6-15H2,1-5H3. The summed E-state index contributed by atoms with van der Waals surface area (Å²) >= 11 is 0. The largest absolute Gasteiger partial charge is 0.497 e. The van der Waals surface area contributed by atoms with Crippen LogP contribution in [0.15, 0.2) is 24.3 Å². The Morgan fingerprint density at radius 3 is 1.85 bits per heavy atom. The van der Waals surface area contributed by atoms with Crippen LogP contribution >= 0.6 is 0 Å². The van der Waals surface area contributed by atoms with Crippen LogP contribution in [0, 0.1) is 5.92 Å². The minimum absolute atomic E-state index is 0.224. The molecule has 0 N–H and O–H groups in total. The lowest BCUT2D eigenvalue weighted by atomic mass is 9.91. The first-order valence-corrected chi connectivity index (χ1v) is 10.4. The number of aryl methyl sites for hydroxylation is 1. The molecule has 0 aliphatic rings. The third-order valence-electron chi connectivity index (χ3n) is 5.44. The number of hydrogen-bond donors (Lipinski definition) is 0. The fraction of sp³-hybridized carbons (Fsp3) is 0.739. The summed E-state index contributed by atoms with van der Waals surface area (Å²) in [5, 5.41) is 0. The summed E-state index contributed by atoms with van der Waals surface area (Å²) in [5.74, 6) is 0.183. The Bertz CT molecular complexity index is 460. The van der Waals surface area contributed by atoms with Gasteiger partial charge in [0.25, 0.3) is 5.97 Å². The highest BCUT2D eigenvalue weighted by molar-refractivity contribution is 5.27. The van der Waals surface area contributed by atoms with Crippen molar-refractivity contribution in [2.24, 2.45) is 5.92 Å². The molecule has 0 aliphatic carbocycles. The summed E-state index contributed by atoms with van der Waals surface area (Å²) in [5.41, 5.74) is 1.33. The van der Waals surface area contributed by atoms with Gasteiger partial charge in [0, 0.05) is 27.2 Å². The zero-order valence-electron chi connectivity index (χ0n) is 18.1. The van der Waals surface area contributed by atoms with Gasteiger partial charge in [0.15, 0.2) is 0 Å². The first-order chi connectivity index (χ1) is 13.2. The second kappa shape index (κ2) is 14.0. The first-order valence-electron chi connectivity index (χ1n) is 10.4. The molecule has 0 aliphatic heterocycles. The zero-order valence-corrected chi connectivity index (χ0v) is 18.1. The highest BCUT2D eigenvalue weighted by Gasteiger charge is 2.39. The topological polar surface area (TPSA) is 36.9 Å². The van der Waals surface area contributed by atoms with Crippen molar-refractivity contribution in [2.75, 3.05) is 28.4 Å². The van der Waals surface area contributed by atoms with Crippen molar-refractivity contribution in [3.8, 4) is 5.75 Å². The third kappa shape index (κ3) is 8.20. The van der Waals surface area contributed by atoms with Gasteiger partial charge in [0.2, 0.25) is 0 Å². The Kier molecular flexibility index (Phi) is 12.4. The number of hydrogen-bond acceptors (Lipinski definition) is 4. The molecule has 0 fully saturated rings. The van der Waals surface area contributed by atoms with Crippen molar-refractivity contribution < 1.29 is 18.9 Å². The molecule has 4 nitrogen and oxygen atoms in total. The van der Waals surface area contributed by atoms with Crippen molar-refractivity contribution in [3.05, 3.63) is 29.8 Å². The molecule has 1 unspecified atom stereocenters. The summed E-state index contributed by atoms with van der Waals surface area (Å²) < 4.78 is 22.2. The summed E-state index contributed by atoms with van der Waals surface area (Å²) in [6.45, 7) is 2.25. The minimum Gasteiger partial charge on any atom is -0.497 e. The number of unbranched alkanes of at least 4 members (excludes halogenated alkanes) is 5. The van der Waals surface area contributed by atoms with Gasteiger partial charge in [-0.25, -0.2) is 0 Å². The van der Waals surface area contributed by atoms with Gasteiger partial charge in [-0.15, -0.1) is 0 Å². The van der Waals surface area contributed by atoms with Crippen LogP contribution in [0.5, 0.6) is 5.75 Å². The van der Waals surface area contributed by atoms with Gasteiger partial charge in [0.1, 0.15) is 5.75 Å². The summed E-state index contributed by atoms with van der Waals surface area (Å²) in [6.07, 6.45) is 11.9. The van der Waals surface area contributed by atoms with E-state index in [0.717, 1.165) is 31.4 Å². The van der Waals surface area contributed by atoms with E-state index in [1.54, 1.807) is 28.4 Å². The van der Waals surface area contributed by atoms with E-state index in [2.05, 4.69) is 19.1 Å². The monoisotopic (exact) mass is 380 g/mol. The van der Waals surface area contributed by atoms with Crippen LogP contribution in [-0.2, 0) is 20.6 Å². The van der Waals surface area contributed by atoms with Crippen LogP contribution in [0.25, 0.3) is 0 Å². The van der Waals surface area contributed by atoms with Gasteiger partial charge >= 0.3 is 0 Å². The Balaban J connectivity index is 2.55. The molecule has 0 saturated heterocycles. The molecule has 0 bridgehead atoms. The molecule has 27 heavy (non-hydrogen) atoms. The Morgan fingerprint density at radius 2 is 1.30 bits per heavy atom. The molecular formula is C23H40O4. The van der Waals surface area contributed by atoms with Gasteiger partial charge in [-0.1, -0.05) is 57.6 Å². The normalized spacial score (nSPS) is 12.9. The summed E-state index contributed by atoms with van der Waals surface area (Å²) in [6, 6.07) is 8.31. The first kappa shape index (κ1) is 23.9. The van der Waals surface area contributed by atoms with Gasteiger partial charge in [0.05, 0.1) is 7.11 Å². The van der Waals surface area contributed by atoms with E-state index in [1.165, 1.54) is 44.1 Å². The lowest BCUT2D eigenvalue weighted by Gasteiger charge is -2.36. The molecule has 1 aromatic carbocycles. The molecule has 0 saturated carbocycles. The molecule has 0 aromatic heterocycles. The zero-order chi connectivity index (χ0) is 20.0. The van der Waals surface area contributed by atoms with Crippen LogP contribution in [0.3, 0.4) is 0 Å². The maximum atomic E-state index is 5.67. The highest BCUT2D eigenvalue weighted by atomic mass is 16.9. The average molecular weight is 381 g/mol. The number of rotatable bonds is 16. The Morgan fingerprint density at radius 1 is 0.741 bits per heavy atom. The second-order valence-electron chi connectivity index (χ2n) is 7.21. The van der Waals surface area contributed by atoms with Gasteiger partial charge in [-0.2, -0.15) is 0 Å². The van der Waals surface area contributed by atoms with Crippen LogP contribution < -0.4 is 4.74 Å². The van der Waals surface area contributed by atoms with E-state index in [9.17, 15) is 0 Å². The Labute approximate surface area is 166 Å². The minimum atomic E-state index is -0.941. The molecule has 0 amide bonds. The van der Waals surface area contributed by atoms with Crippen LogP contribution in [-0.4, -0.2) is 34.4 Å². The summed E-state index contributed by atoms with van der Waals surface area (Å²) in [4.78, 5) is 0. The maximum absolute atomic E-state index is 5.67. The Hall–Kier alpha value is -1.10. The fourth-order valence-electron chi connectivity index (χ4n) is 3.76. The predicted molar refractivity (Wildman–Crippen MR) is 111 cm³/mol. The van der Waals surface area contributed by atoms with Gasteiger partial charge in [-0.3, -0.25) is 0 Å². The van der Waals surface area contributed by atoms with Gasteiger partial charge < -0.3 is 18.9 Å². The second-order valence-corrected chi connectivity index (χ2v) is 7.21. The third-order valence-corrected chi connectivity index (χ3v) is 5.44. The van der Waals surface area contributed by atoms with Crippen LogP contribution in [0.2, 0.25) is 0 Å². The molecule has 1 atom stereocenters. The van der Waals surface area contributed by atoms with Crippen LogP contribution in [0.1, 0.15) is 70.3 Å². The van der Waals surface area contributed by atoms with Crippen molar-refractivity contribution in [2.45, 2.75) is 77.1 Å². The molecule has 1 rings (SSSR count). The van der Waals surface area contributed by atoms with E-state index in [4.69, 9.17) is 18.9 Å². The number of ether oxygens (including phenoxy) is 4.